The van der Waals surface area contributed by atoms with Crippen molar-refractivity contribution in [2.45, 2.75) is 13.5 Å². The number of nitrogens with two attached hydrogens (primary N) is 1. The van der Waals surface area contributed by atoms with Crippen LogP contribution in [-0.2, 0) is 6.54 Å². The molecule has 1 fully saturated rings. The van der Waals surface area contributed by atoms with Crippen molar-refractivity contribution in [3.05, 3.63) is 59.6 Å². The van der Waals surface area contributed by atoms with E-state index in [9.17, 15) is 0 Å². The van der Waals surface area contributed by atoms with Gasteiger partial charge < -0.3 is 15.2 Å². The first-order valence-electron chi connectivity index (χ1n) is 11.6. The number of anilines is 2. The van der Waals surface area contributed by atoms with Gasteiger partial charge in [-0.3, -0.25) is 14.9 Å². The van der Waals surface area contributed by atoms with Gasteiger partial charge in [0.2, 0.25) is 11.8 Å². The lowest BCUT2D eigenvalue weighted by Gasteiger charge is -2.36. The quantitative estimate of drug-likeness (QED) is 0.402. The molecule has 0 unspecified atom stereocenters. The molecule has 2 N–H and O–H groups in total. The predicted molar refractivity (Wildman–Crippen MR) is 137 cm³/mol. The Morgan fingerprint density at radius 3 is 2.49 bits per heavy atom. The molecule has 1 saturated heterocycles. The van der Waals surface area contributed by atoms with Crippen LogP contribution in [0.5, 0.6) is 0 Å². The van der Waals surface area contributed by atoms with Crippen molar-refractivity contribution in [3.63, 3.8) is 0 Å². The standard InChI is InChI=1S/C24H25ClN10/c1-16-20(25)19-22(30-24(26)35-23(19)29-21(31-35)18-4-2-3-7-28-18)34(16)15-12-32-10-13-33(14-11-32)17-5-8-27-9-6-17/h2-9H,10-15H2,1H3,(H2,26,30). The lowest BCUT2D eigenvalue weighted by Crippen LogP contribution is -2.47. The molecular formula is C24H25ClN10. The van der Waals surface area contributed by atoms with Gasteiger partial charge in [-0.25, -0.2) is 4.98 Å². The summed E-state index contributed by atoms with van der Waals surface area (Å²) in [4.78, 5) is 22.7. The highest BCUT2D eigenvalue weighted by Crippen LogP contribution is 2.33. The van der Waals surface area contributed by atoms with E-state index in [4.69, 9.17) is 22.3 Å². The molecule has 0 saturated carbocycles. The number of nitrogens with zero attached hydrogens (tertiary/aromatic N) is 9. The molecule has 5 aromatic rings. The van der Waals surface area contributed by atoms with Crippen LogP contribution in [0.15, 0.2) is 48.9 Å². The maximum Gasteiger partial charge on any atom is 0.225 e. The zero-order valence-corrected chi connectivity index (χ0v) is 20.1. The van der Waals surface area contributed by atoms with Crippen LogP contribution >= 0.6 is 11.6 Å². The van der Waals surface area contributed by atoms with Gasteiger partial charge in [0.1, 0.15) is 11.3 Å². The summed E-state index contributed by atoms with van der Waals surface area (Å²) in [6.45, 7) is 7.61. The average Bonchev–Trinajstić information content (AvgIpc) is 3.45. The lowest BCUT2D eigenvalue weighted by atomic mass is 10.2. The van der Waals surface area contributed by atoms with Gasteiger partial charge in [0.05, 0.1) is 10.4 Å². The molecule has 0 aromatic carbocycles. The van der Waals surface area contributed by atoms with Crippen LogP contribution in [0.4, 0.5) is 11.6 Å². The largest absolute Gasteiger partial charge is 0.369 e. The van der Waals surface area contributed by atoms with Crippen LogP contribution < -0.4 is 10.6 Å². The Hall–Kier alpha value is -3.76. The van der Waals surface area contributed by atoms with Crippen molar-refractivity contribution in [3.8, 4) is 11.5 Å². The Bertz CT molecular complexity index is 1490. The summed E-state index contributed by atoms with van der Waals surface area (Å²) in [5, 5.41) is 5.92. The van der Waals surface area contributed by atoms with E-state index in [-0.39, 0.29) is 5.95 Å². The number of hydrogen-bond donors (Lipinski definition) is 1. The summed E-state index contributed by atoms with van der Waals surface area (Å²) < 4.78 is 3.68. The predicted octanol–water partition coefficient (Wildman–Crippen LogP) is 2.90. The fourth-order valence-corrected chi connectivity index (χ4v) is 4.97. The van der Waals surface area contributed by atoms with Crippen molar-refractivity contribution in [2.24, 2.45) is 0 Å². The molecule has 0 atom stereocenters. The topological polar surface area (TPSA) is 106 Å². The van der Waals surface area contributed by atoms with Crippen molar-refractivity contribution in [1.82, 2.24) is 39.0 Å². The molecule has 10 nitrogen and oxygen atoms in total. The molecule has 6 heterocycles. The SMILES string of the molecule is Cc1c(Cl)c2c(nc(N)n3nc(-c4ccccn4)nc23)n1CCN1CCN(c2ccncc2)CC1. The van der Waals surface area contributed by atoms with Crippen molar-refractivity contribution >= 4 is 39.9 Å². The summed E-state index contributed by atoms with van der Waals surface area (Å²) in [7, 11) is 0. The first kappa shape index (κ1) is 21.8. The van der Waals surface area contributed by atoms with E-state index < -0.39 is 0 Å². The van der Waals surface area contributed by atoms with E-state index in [1.54, 1.807) is 10.7 Å². The molecule has 0 radical (unpaired) electrons. The molecule has 11 heteroatoms. The molecule has 0 amide bonds. The van der Waals surface area contributed by atoms with Gasteiger partial charge in [-0.05, 0) is 31.2 Å². The summed E-state index contributed by atoms with van der Waals surface area (Å²) in [6.07, 6.45) is 5.40. The molecule has 1 aliphatic heterocycles. The van der Waals surface area contributed by atoms with Gasteiger partial charge >= 0.3 is 0 Å². The Labute approximate surface area is 207 Å². The number of nitrogen functional groups attached to an aromatic ring is 1. The molecule has 0 spiro atoms. The van der Waals surface area contributed by atoms with Gasteiger partial charge in [0, 0.05) is 69.2 Å². The normalized spacial score (nSPS) is 14.9. The summed E-state index contributed by atoms with van der Waals surface area (Å²) in [5.41, 5.74) is 10.5. The summed E-state index contributed by atoms with van der Waals surface area (Å²) >= 11 is 6.82. The fourth-order valence-electron chi connectivity index (χ4n) is 4.70. The van der Waals surface area contributed by atoms with Crippen molar-refractivity contribution in [1.29, 1.82) is 0 Å². The monoisotopic (exact) mass is 488 g/mol. The molecule has 5 aromatic heterocycles. The van der Waals surface area contributed by atoms with Crippen molar-refractivity contribution in [2.75, 3.05) is 43.4 Å². The highest BCUT2D eigenvalue weighted by molar-refractivity contribution is 6.37. The number of halogens is 1. The molecule has 178 valence electrons. The molecule has 35 heavy (non-hydrogen) atoms. The third kappa shape index (κ3) is 3.84. The van der Waals surface area contributed by atoms with E-state index in [1.165, 1.54) is 5.69 Å². The van der Waals surface area contributed by atoms with E-state index in [1.807, 2.05) is 37.5 Å². The van der Waals surface area contributed by atoms with E-state index in [0.717, 1.165) is 56.0 Å². The molecule has 0 bridgehead atoms. The zero-order chi connectivity index (χ0) is 23.9. The van der Waals surface area contributed by atoms with Crippen LogP contribution in [0.2, 0.25) is 5.02 Å². The summed E-state index contributed by atoms with van der Waals surface area (Å²) in [6, 6.07) is 9.74. The van der Waals surface area contributed by atoms with Crippen LogP contribution in [0.25, 0.3) is 28.2 Å². The van der Waals surface area contributed by atoms with E-state index >= 15 is 0 Å². The first-order chi connectivity index (χ1) is 17.1. The average molecular weight is 489 g/mol. The number of pyridine rings is 2. The third-order valence-corrected chi connectivity index (χ3v) is 7.09. The van der Waals surface area contributed by atoms with Gasteiger partial charge in [0.15, 0.2) is 5.65 Å². The van der Waals surface area contributed by atoms with Gasteiger partial charge in [0.25, 0.3) is 0 Å². The number of rotatable bonds is 5. The minimum atomic E-state index is 0.267. The van der Waals surface area contributed by atoms with Crippen LogP contribution in [0.1, 0.15) is 5.69 Å². The lowest BCUT2D eigenvalue weighted by molar-refractivity contribution is 0.248. The van der Waals surface area contributed by atoms with Crippen LogP contribution in [0.3, 0.4) is 0 Å². The second-order valence-corrected chi connectivity index (χ2v) is 9.02. The minimum absolute atomic E-state index is 0.267. The number of fused-ring (bicyclic) bond motifs is 3. The fraction of sp³-hybridized carbons (Fsp3) is 0.292. The maximum atomic E-state index is 6.82. The second-order valence-electron chi connectivity index (χ2n) is 8.64. The number of aromatic nitrogens is 7. The second kappa shape index (κ2) is 8.79. The van der Waals surface area contributed by atoms with E-state index in [0.29, 0.717) is 22.2 Å². The Morgan fingerprint density at radius 1 is 0.943 bits per heavy atom. The van der Waals surface area contributed by atoms with E-state index in [2.05, 4.69) is 46.6 Å². The third-order valence-electron chi connectivity index (χ3n) is 6.62. The summed E-state index contributed by atoms with van der Waals surface area (Å²) in [5.74, 6) is 0.753. The van der Waals surface area contributed by atoms with Gasteiger partial charge in [-0.1, -0.05) is 17.7 Å². The molecule has 1 aliphatic rings. The molecule has 0 aliphatic carbocycles. The number of piperazine rings is 1. The maximum absolute atomic E-state index is 6.82. The Morgan fingerprint density at radius 2 is 1.74 bits per heavy atom. The Balaban J connectivity index is 1.26. The van der Waals surface area contributed by atoms with Gasteiger partial charge in [-0.2, -0.15) is 9.50 Å². The van der Waals surface area contributed by atoms with Crippen molar-refractivity contribution < 1.29 is 0 Å². The highest BCUT2D eigenvalue weighted by Gasteiger charge is 2.23. The highest BCUT2D eigenvalue weighted by atomic mass is 35.5. The molecule has 6 rings (SSSR count). The Kier molecular flexibility index (Phi) is 5.46. The van der Waals surface area contributed by atoms with Crippen LogP contribution in [-0.4, -0.2) is 71.7 Å². The smallest absolute Gasteiger partial charge is 0.225 e. The zero-order valence-electron chi connectivity index (χ0n) is 19.3. The first-order valence-corrected chi connectivity index (χ1v) is 12.0. The number of hydrogen-bond acceptors (Lipinski definition) is 8. The minimum Gasteiger partial charge on any atom is -0.369 e. The molecular weight excluding hydrogens is 464 g/mol. The van der Waals surface area contributed by atoms with Gasteiger partial charge in [-0.15, -0.1) is 5.10 Å². The van der Waals surface area contributed by atoms with Crippen LogP contribution in [0, 0.1) is 6.92 Å².